The van der Waals surface area contributed by atoms with Crippen molar-refractivity contribution >= 4 is 5.82 Å². The molecule has 1 atom stereocenters. The molecule has 0 radical (unpaired) electrons. The molecule has 1 fully saturated rings. The van der Waals surface area contributed by atoms with Crippen LogP contribution in [-0.2, 0) is 6.54 Å². The molecule has 0 spiro atoms. The van der Waals surface area contributed by atoms with Gasteiger partial charge in [-0.2, -0.15) is 5.10 Å². The molecule has 1 unspecified atom stereocenters. The zero-order valence-electron chi connectivity index (χ0n) is 9.06. The van der Waals surface area contributed by atoms with E-state index in [1.54, 1.807) is 6.07 Å². The van der Waals surface area contributed by atoms with Crippen molar-refractivity contribution < 1.29 is 5.11 Å². The summed E-state index contributed by atoms with van der Waals surface area (Å²) in [6.07, 6.45) is 2.73. The maximum absolute atomic E-state index is 9.78. The molecule has 0 aromatic carbocycles. The molecule has 15 heavy (non-hydrogen) atoms. The van der Waals surface area contributed by atoms with Crippen LogP contribution >= 0.6 is 0 Å². The summed E-state index contributed by atoms with van der Waals surface area (Å²) in [5, 5.41) is 13.9. The van der Waals surface area contributed by atoms with E-state index in [9.17, 15) is 5.11 Å². The van der Waals surface area contributed by atoms with Gasteiger partial charge in [0.2, 0.25) is 0 Å². The van der Waals surface area contributed by atoms with Crippen LogP contribution in [0.5, 0.6) is 0 Å². The van der Waals surface area contributed by atoms with Crippen LogP contribution < -0.4 is 5.73 Å². The van der Waals surface area contributed by atoms with Gasteiger partial charge in [0.15, 0.2) is 0 Å². The number of aromatic nitrogens is 2. The molecule has 1 aliphatic heterocycles. The lowest BCUT2D eigenvalue weighted by Crippen LogP contribution is -2.31. The van der Waals surface area contributed by atoms with Gasteiger partial charge in [-0.25, -0.2) is 0 Å². The monoisotopic (exact) mass is 210 g/mol. The second-order valence-corrected chi connectivity index (χ2v) is 4.53. The average Bonchev–Trinajstić information content (AvgIpc) is 2.69. The summed E-state index contributed by atoms with van der Waals surface area (Å²) in [6.45, 7) is 5.34. The fourth-order valence-electron chi connectivity index (χ4n) is 1.98. The Labute approximate surface area is 89.5 Å². The summed E-state index contributed by atoms with van der Waals surface area (Å²) in [6, 6.07) is 1.79. The lowest BCUT2D eigenvalue weighted by atomic mass is 10.1. The maximum atomic E-state index is 9.78. The molecule has 2 rings (SSSR count). The minimum absolute atomic E-state index is 0.511. The van der Waals surface area contributed by atoms with E-state index >= 15 is 0 Å². The summed E-state index contributed by atoms with van der Waals surface area (Å²) in [4.78, 5) is 2.25. The molecular weight excluding hydrogens is 192 g/mol. The first-order valence-electron chi connectivity index (χ1n) is 5.29. The van der Waals surface area contributed by atoms with Crippen LogP contribution in [0.25, 0.3) is 0 Å². The van der Waals surface area contributed by atoms with Gasteiger partial charge in [-0.05, 0) is 19.4 Å². The molecule has 0 aliphatic carbocycles. The van der Waals surface area contributed by atoms with Crippen molar-refractivity contribution in [1.82, 2.24) is 14.7 Å². The van der Waals surface area contributed by atoms with E-state index < -0.39 is 5.60 Å². The number of nitrogens with zero attached hydrogens (tertiary/aromatic N) is 3. The zero-order chi connectivity index (χ0) is 10.9. The number of likely N-dealkylation sites (tertiary alicyclic amines) is 1. The van der Waals surface area contributed by atoms with Gasteiger partial charge in [-0.15, -0.1) is 0 Å². The second kappa shape index (κ2) is 3.83. The first-order valence-corrected chi connectivity index (χ1v) is 5.29. The highest BCUT2D eigenvalue weighted by Crippen LogP contribution is 2.19. The van der Waals surface area contributed by atoms with Gasteiger partial charge in [-0.1, -0.05) is 0 Å². The second-order valence-electron chi connectivity index (χ2n) is 4.53. The Kier molecular flexibility index (Phi) is 2.67. The van der Waals surface area contributed by atoms with E-state index in [0.717, 1.165) is 32.6 Å². The molecule has 1 saturated heterocycles. The van der Waals surface area contributed by atoms with Crippen molar-refractivity contribution in [3.63, 3.8) is 0 Å². The molecular formula is C10H18N4O. The summed E-state index contributed by atoms with van der Waals surface area (Å²) in [7, 11) is 0. The summed E-state index contributed by atoms with van der Waals surface area (Å²) in [5.74, 6) is 0.559. The number of nitrogen functional groups attached to an aromatic ring is 1. The summed E-state index contributed by atoms with van der Waals surface area (Å²) in [5.41, 5.74) is 5.01. The van der Waals surface area contributed by atoms with Crippen molar-refractivity contribution in [2.75, 3.05) is 25.4 Å². The number of rotatable bonds is 3. The predicted molar refractivity (Wildman–Crippen MR) is 58.3 cm³/mol. The van der Waals surface area contributed by atoms with Gasteiger partial charge in [0.05, 0.1) is 12.1 Å². The average molecular weight is 210 g/mol. The van der Waals surface area contributed by atoms with Gasteiger partial charge < -0.3 is 10.8 Å². The normalized spacial score (nSPS) is 27.3. The van der Waals surface area contributed by atoms with Gasteiger partial charge in [0, 0.05) is 25.8 Å². The minimum atomic E-state index is -0.511. The molecule has 1 aromatic rings. The highest BCUT2D eigenvalue weighted by molar-refractivity contribution is 5.23. The van der Waals surface area contributed by atoms with Crippen LogP contribution in [0.3, 0.4) is 0 Å². The van der Waals surface area contributed by atoms with Crippen molar-refractivity contribution in [2.45, 2.75) is 25.5 Å². The predicted octanol–water partition coefficient (Wildman–Crippen LogP) is -0.0780. The minimum Gasteiger partial charge on any atom is -0.389 e. The summed E-state index contributed by atoms with van der Waals surface area (Å²) < 4.78 is 1.84. The van der Waals surface area contributed by atoms with E-state index in [0.29, 0.717) is 5.82 Å². The lowest BCUT2D eigenvalue weighted by molar-refractivity contribution is 0.0682. The van der Waals surface area contributed by atoms with E-state index in [1.807, 2.05) is 17.8 Å². The third kappa shape index (κ3) is 2.70. The standard InChI is InChI=1S/C10H18N4O/c1-10(15)3-5-13(8-10)6-7-14-4-2-9(11)12-14/h2,4,15H,3,5-8H2,1H3,(H2,11,12). The topological polar surface area (TPSA) is 67.3 Å². The molecule has 84 valence electrons. The third-order valence-electron chi connectivity index (χ3n) is 2.84. The lowest BCUT2D eigenvalue weighted by Gasteiger charge is -2.18. The Balaban J connectivity index is 1.80. The molecule has 0 saturated carbocycles. The van der Waals surface area contributed by atoms with Crippen LogP contribution in [0.4, 0.5) is 5.82 Å². The first kappa shape index (κ1) is 10.4. The van der Waals surface area contributed by atoms with Crippen molar-refractivity contribution in [2.24, 2.45) is 0 Å². The smallest absolute Gasteiger partial charge is 0.145 e. The number of hydrogen-bond donors (Lipinski definition) is 2. The van der Waals surface area contributed by atoms with E-state index in [4.69, 9.17) is 5.73 Å². The molecule has 0 amide bonds. The highest BCUT2D eigenvalue weighted by Gasteiger charge is 2.30. The van der Waals surface area contributed by atoms with Gasteiger partial charge in [0.25, 0.3) is 0 Å². The molecule has 5 nitrogen and oxygen atoms in total. The van der Waals surface area contributed by atoms with Crippen LogP contribution in [0.2, 0.25) is 0 Å². The quantitative estimate of drug-likeness (QED) is 0.732. The number of hydrogen-bond acceptors (Lipinski definition) is 4. The summed E-state index contributed by atoms with van der Waals surface area (Å²) >= 11 is 0. The maximum Gasteiger partial charge on any atom is 0.145 e. The number of aliphatic hydroxyl groups is 1. The van der Waals surface area contributed by atoms with Crippen molar-refractivity contribution in [3.05, 3.63) is 12.3 Å². The number of anilines is 1. The van der Waals surface area contributed by atoms with Crippen molar-refractivity contribution in [3.8, 4) is 0 Å². The molecule has 1 aliphatic rings. The molecule has 3 N–H and O–H groups in total. The van der Waals surface area contributed by atoms with Crippen LogP contribution in [0.1, 0.15) is 13.3 Å². The van der Waals surface area contributed by atoms with Gasteiger partial charge >= 0.3 is 0 Å². The SMILES string of the molecule is CC1(O)CCN(CCn2ccc(N)n2)C1. The number of β-amino-alcohol motifs (C(OH)–C–C–N with tert-alkyl or cyclic N) is 1. The Morgan fingerprint density at radius 2 is 2.40 bits per heavy atom. The van der Waals surface area contributed by atoms with Gasteiger partial charge in [-0.3, -0.25) is 9.58 Å². The zero-order valence-corrected chi connectivity index (χ0v) is 9.06. The fraction of sp³-hybridized carbons (Fsp3) is 0.700. The Hall–Kier alpha value is -1.07. The van der Waals surface area contributed by atoms with E-state index in [-0.39, 0.29) is 0 Å². The molecule has 5 heteroatoms. The van der Waals surface area contributed by atoms with Crippen LogP contribution in [0.15, 0.2) is 12.3 Å². The van der Waals surface area contributed by atoms with Crippen LogP contribution in [0, 0.1) is 0 Å². The Morgan fingerprint density at radius 1 is 1.60 bits per heavy atom. The van der Waals surface area contributed by atoms with Gasteiger partial charge in [0.1, 0.15) is 5.82 Å². The van der Waals surface area contributed by atoms with E-state index in [1.165, 1.54) is 0 Å². The largest absolute Gasteiger partial charge is 0.389 e. The Morgan fingerprint density at radius 3 is 2.93 bits per heavy atom. The van der Waals surface area contributed by atoms with E-state index in [2.05, 4.69) is 10.00 Å². The number of nitrogens with two attached hydrogens (primary N) is 1. The molecule has 1 aromatic heterocycles. The molecule has 0 bridgehead atoms. The van der Waals surface area contributed by atoms with Crippen molar-refractivity contribution in [1.29, 1.82) is 0 Å². The van der Waals surface area contributed by atoms with Crippen LogP contribution in [-0.4, -0.2) is 45.0 Å². The molecule has 2 heterocycles. The highest BCUT2D eigenvalue weighted by atomic mass is 16.3. The third-order valence-corrected chi connectivity index (χ3v) is 2.84. The fourth-order valence-corrected chi connectivity index (χ4v) is 1.98. The first-order chi connectivity index (χ1) is 7.05. The Bertz CT molecular complexity index is 334.